The van der Waals surface area contributed by atoms with Crippen LogP contribution in [0.3, 0.4) is 0 Å². The summed E-state index contributed by atoms with van der Waals surface area (Å²) in [4.78, 5) is 35.5. The van der Waals surface area contributed by atoms with Crippen molar-refractivity contribution in [3.63, 3.8) is 0 Å². The Morgan fingerprint density at radius 3 is 2.68 bits per heavy atom. The van der Waals surface area contributed by atoms with Crippen molar-refractivity contribution in [2.45, 2.75) is 39.2 Å². The van der Waals surface area contributed by atoms with E-state index < -0.39 is 23.5 Å². The molecule has 0 radical (unpaired) electrons. The average molecular weight is 347 g/mol. The summed E-state index contributed by atoms with van der Waals surface area (Å²) in [6.07, 6.45) is 0.714. The predicted octanol–water partition coefficient (Wildman–Crippen LogP) is 2.02. The molecule has 2 rings (SSSR count). The second-order valence-corrected chi connectivity index (χ2v) is 5.78. The molecule has 1 amide bonds. The summed E-state index contributed by atoms with van der Waals surface area (Å²) in [5.74, 6) is -1.06. The number of amides is 1. The van der Waals surface area contributed by atoms with Crippen LogP contribution in [-0.2, 0) is 16.0 Å². The number of hydrogen-bond acceptors (Lipinski definition) is 5. The Balaban J connectivity index is 2.30. The molecule has 1 aromatic heterocycles. The number of fused-ring (bicyclic) bond motifs is 1. The molecule has 0 fully saturated rings. The third-order valence-corrected chi connectivity index (χ3v) is 4.04. The van der Waals surface area contributed by atoms with Gasteiger partial charge in [-0.1, -0.05) is 13.3 Å². The summed E-state index contributed by atoms with van der Waals surface area (Å²) in [6, 6.07) is 4.14. The lowest BCUT2D eigenvalue weighted by molar-refractivity contribution is -0.141. The molecule has 1 unspecified atom stereocenters. The minimum atomic E-state index is -1.09. The molecule has 1 atom stereocenters. The number of nitrogens with one attached hydrogen (secondary N) is 1. The van der Waals surface area contributed by atoms with E-state index in [0.717, 1.165) is 0 Å². The van der Waals surface area contributed by atoms with Gasteiger partial charge in [0.1, 0.15) is 17.4 Å². The third kappa shape index (κ3) is 4.17. The van der Waals surface area contributed by atoms with E-state index in [2.05, 4.69) is 5.32 Å². The fourth-order valence-electron chi connectivity index (χ4n) is 2.66. The molecule has 0 aliphatic heterocycles. The molecular formula is C18H21NO6. The molecule has 0 spiro atoms. The molecule has 134 valence electrons. The first-order valence-electron chi connectivity index (χ1n) is 7.99. The molecule has 1 heterocycles. The van der Waals surface area contributed by atoms with Gasteiger partial charge in [0.05, 0.1) is 19.1 Å². The summed E-state index contributed by atoms with van der Waals surface area (Å²) in [7, 11) is 1.51. The fraction of sp³-hybridized carbons (Fsp3) is 0.389. The summed E-state index contributed by atoms with van der Waals surface area (Å²) < 4.78 is 10.4. The van der Waals surface area contributed by atoms with Crippen molar-refractivity contribution < 1.29 is 23.8 Å². The molecule has 2 N–H and O–H groups in total. The molecule has 0 aliphatic carbocycles. The van der Waals surface area contributed by atoms with Gasteiger partial charge in [0, 0.05) is 11.5 Å². The Hall–Kier alpha value is -2.83. The van der Waals surface area contributed by atoms with Crippen LogP contribution in [0.4, 0.5) is 0 Å². The van der Waals surface area contributed by atoms with E-state index >= 15 is 0 Å². The van der Waals surface area contributed by atoms with Crippen LogP contribution < -0.4 is 15.7 Å². The number of carbonyl (C=O) groups is 2. The van der Waals surface area contributed by atoms with Crippen molar-refractivity contribution in [3.05, 3.63) is 39.7 Å². The molecule has 2 aromatic rings. The lowest BCUT2D eigenvalue weighted by atomic mass is 10.0. The van der Waals surface area contributed by atoms with E-state index in [-0.39, 0.29) is 12.0 Å². The summed E-state index contributed by atoms with van der Waals surface area (Å²) in [5.41, 5.74) is 0.610. The van der Waals surface area contributed by atoms with Crippen molar-refractivity contribution in [2.75, 3.05) is 7.11 Å². The number of carboxylic acid groups (broad SMARTS) is 1. The summed E-state index contributed by atoms with van der Waals surface area (Å²) in [6.45, 7) is 3.56. The second kappa shape index (κ2) is 7.83. The Labute approximate surface area is 144 Å². The topological polar surface area (TPSA) is 106 Å². The zero-order chi connectivity index (χ0) is 18.6. The number of aliphatic carboxylic acids is 1. The molecule has 7 heteroatoms. The maximum Gasteiger partial charge on any atom is 0.340 e. The van der Waals surface area contributed by atoms with Gasteiger partial charge in [-0.05, 0) is 31.0 Å². The lowest BCUT2D eigenvalue weighted by Gasteiger charge is -2.14. The number of aryl methyl sites for hydroxylation is 1. The quantitative estimate of drug-likeness (QED) is 0.742. The summed E-state index contributed by atoms with van der Waals surface area (Å²) in [5, 5.41) is 12.3. The van der Waals surface area contributed by atoms with Gasteiger partial charge in [-0.15, -0.1) is 0 Å². The number of benzene rings is 1. The number of carbonyl (C=O) groups excluding carboxylic acids is 1. The fourth-order valence-corrected chi connectivity index (χ4v) is 2.66. The van der Waals surface area contributed by atoms with Crippen LogP contribution in [0.25, 0.3) is 11.0 Å². The Morgan fingerprint density at radius 1 is 1.36 bits per heavy atom. The minimum absolute atomic E-state index is 0.218. The normalized spacial score (nSPS) is 12.0. The van der Waals surface area contributed by atoms with Gasteiger partial charge >= 0.3 is 11.6 Å². The number of carboxylic acids is 1. The number of ether oxygens (including phenoxy) is 1. The van der Waals surface area contributed by atoms with Crippen LogP contribution in [0.1, 0.15) is 30.9 Å². The van der Waals surface area contributed by atoms with E-state index in [1.807, 2.05) is 6.92 Å². The van der Waals surface area contributed by atoms with Crippen LogP contribution in [0.2, 0.25) is 0 Å². The smallest absolute Gasteiger partial charge is 0.340 e. The van der Waals surface area contributed by atoms with Gasteiger partial charge in [0.15, 0.2) is 0 Å². The SMILES string of the molecule is CCCC(NC(=O)Cc1c(C)c2ccc(OC)cc2oc1=O)C(=O)O. The Kier molecular flexibility index (Phi) is 5.80. The summed E-state index contributed by atoms with van der Waals surface area (Å²) >= 11 is 0. The molecule has 7 nitrogen and oxygen atoms in total. The Bertz CT molecular complexity index is 855. The molecule has 0 saturated heterocycles. The van der Waals surface area contributed by atoms with E-state index in [4.69, 9.17) is 14.3 Å². The van der Waals surface area contributed by atoms with Crippen molar-refractivity contribution in [1.29, 1.82) is 0 Å². The molecule has 0 saturated carbocycles. The Morgan fingerprint density at radius 2 is 2.08 bits per heavy atom. The lowest BCUT2D eigenvalue weighted by Crippen LogP contribution is -2.41. The highest BCUT2D eigenvalue weighted by atomic mass is 16.5. The van der Waals surface area contributed by atoms with E-state index in [0.29, 0.717) is 35.1 Å². The first-order valence-corrected chi connectivity index (χ1v) is 7.99. The van der Waals surface area contributed by atoms with Crippen molar-refractivity contribution in [3.8, 4) is 5.75 Å². The van der Waals surface area contributed by atoms with Gasteiger partial charge in [0.2, 0.25) is 5.91 Å². The molecule has 25 heavy (non-hydrogen) atoms. The van der Waals surface area contributed by atoms with E-state index in [9.17, 15) is 14.4 Å². The molecule has 1 aromatic carbocycles. The molecule has 0 bridgehead atoms. The van der Waals surface area contributed by atoms with E-state index in [1.54, 1.807) is 25.1 Å². The van der Waals surface area contributed by atoms with Crippen LogP contribution in [0.15, 0.2) is 27.4 Å². The van der Waals surface area contributed by atoms with Gasteiger partial charge < -0.3 is 19.6 Å². The zero-order valence-corrected chi connectivity index (χ0v) is 14.4. The largest absolute Gasteiger partial charge is 0.497 e. The maximum atomic E-state index is 12.2. The second-order valence-electron chi connectivity index (χ2n) is 5.78. The van der Waals surface area contributed by atoms with Gasteiger partial charge in [-0.3, -0.25) is 4.79 Å². The molecule has 0 aliphatic rings. The van der Waals surface area contributed by atoms with Crippen LogP contribution in [0, 0.1) is 6.92 Å². The highest BCUT2D eigenvalue weighted by Crippen LogP contribution is 2.24. The number of hydrogen-bond donors (Lipinski definition) is 2. The predicted molar refractivity (Wildman–Crippen MR) is 92.0 cm³/mol. The maximum absolute atomic E-state index is 12.2. The van der Waals surface area contributed by atoms with Crippen LogP contribution >= 0.6 is 0 Å². The zero-order valence-electron chi connectivity index (χ0n) is 14.4. The van der Waals surface area contributed by atoms with Gasteiger partial charge in [-0.2, -0.15) is 0 Å². The first-order chi connectivity index (χ1) is 11.9. The van der Waals surface area contributed by atoms with Crippen molar-refractivity contribution in [2.24, 2.45) is 0 Å². The van der Waals surface area contributed by atoms with Crippen LogP contribution in [-0.4, -0.2) is 30.1 Å². The van der Waals surface area contributed by atoms with Crippen molar-refractivity contribution in [1.82, 2.24) is 5.32 Å². The highest BCUT2D eigenvalue weighted by molar-refractivity contribution is 5.87. The minimum Gasteiger partial charge on any atom is -0.497 e. The van der Waals surface area contributed by atoms with Crippen LogP contribution in [0.5, 0.6) is 5.75 Å². The average Bonchev–Trinajstić information content (AvgIpc) is 2.57. The monoisotopic (exact) mass is 347 g/mol. The van der Waals surface area contributed by atoms with Gasteiger partial charge in [-0.25, -0.2) is 9.59 Å². The number of methoxy groups -OCH3 is 1. The van der Waals surface area contributed by atoms with Crippen molar-refractivity contribution >= 4 is 22.8 Å². The highest BCUT2D eigenvalue weighted by Gasteiger charge is 2.21. The standard InChI is InChI=1S/C18H21NO6/c1-4-5-14(17(21)22)19-16(20)9-13-10(2)12-7-6-11(24-3)8-15(12)25-18(13)23/h6-8,14H,4-5,9H2,1-3H3,(H,19,20)(H,21,22). The first kappa shape index (κ1) is 18.5. The number of rotatable bonds is 7. The van der Waals surface area contributed by atoms with Gasteiger partial charge in [0.25, 0.3) is 0 Å². The molecular weight excluding hydrogens is 326 g/mol. The van der Waals surface area contributed by atoms with E-state index in [1.165, 1.54) is 7.11 Å². The third-order valence-electron chi connectivity index (χ3n) is 4.04.